The molecule has 1 fully saturated rings. The number of hydrogen-bond acceptors (Lipinski definition) is 4. The molecule has 0 aliphatic heterocycles. The van der Waals surface area contributed by atoms with Crippen molar-refractivity contribution in [2.45, 2.75) is 37.8 Å². The van der Waals surface area contributed by atoms with Crippen molar-refractivity contribution in [3.8, 4) is 0 Å². The number of aliphatic hydroxyl groups excluding tert-OH is 1. The van der Waals surface area contributed by atoms with Crippen LogP contribution in [0.4, 0.5) is 0 Å². The molecule has 4 nitrogen and oxygen atoms in total. The van der Waals surface area contributed by atoms with Crippen molar-refractivity contribution in [1.82, 2.24) is 5.32 Å². The number of Topliss-reactive ketones (excluding diaryl/α,β-unsaturated/α-hetero) is 1. The number of rotatable bonds is 5. The van der Waals surface area contributed by atoms with Crippen LogP contribution < -0.4 is 5.32 Å². The summed E-state index contributed by atoms with van der Waals surface area (Å²) in [6.07, 6.45) is 3.88. The highest BCUT2D eigenvalue weighted by molar-refractivity contribution is 6.03. The van der Waals surface area contributed by atoms with Crippen molar-refractivity contribution in [1.29, 1.82) is 0 Å². The number of nitrogens with one attached hydrogen (secondary N) is 1. The summed E-state index contributed by atoms with van der Waals surface area (Å²) < 4.78 is 0. The lowest BCUT2D eigenvalue weighted by molar-refractivity contribution is 0.0959. The van der Waals surface area contributed by atoms with E-state index in [2.05, 4.69) is 5.32 Å². The van der Waals surface area contributed by atoms with Crippen molar-refractivity contribution in [3.05, 3.63) is 35.4 Å². The molecule has 0 amide bonds. The van der Waals surface area contributed by atoms with E-state index in [1.165, 1.54) is 0 Å². The maximum atomic E-state index is 12.1. The van der Waals surface area contributed by atoms with Gasteiger partial charge in [0.05, 0.1) is 12.6 Å². The highest BCUT2D eigenvalue weighted by atomic mass is 16.3. The van der Waals surface area contributed by atoms with Crippen molar-refractivity contribution < 1.29 is 14.7 Å². The Kier molecular flexibility index (Phi) is 4.82. The van der Waals surface area contributed by atoms with Gasteiger partial charge in [-0.2, -0.15) is 0 Å². The third-order valence-electron chi connectivity index (χ3n) is 3.64. The summed E-state index contributed by atoms with van der Waals surface area (Å²) in [5, 5.41) is 12.6. The molecule has 2 N–H and O–H groups in total. The van der Waals surface area contributed by atoms with Crippen LogP contribution in [0.5, 0.6) is 0 Å². The Labute approximate surface area is 112 Å². The summed E-state index contributed by atoms with van der Waals surface area (Å²) in [5.41, 5.74) is 0.911. The molecule has 0 heterocycles. The van der Waals surface area contributed by atoms with Gasteiger partial charge in [0.25, 0.3) is 0 Å². The molecular formula is C15H19NO3. The first kappa shape index (κ1) is 13.9. The van der Waals surface area contributed by atoms with Gasteiger partial charge in [-0.25, -0.2) is 0 Å². The first-order valence-electron chi connectivity index (χ1n) is 6.69. The predicted octanol–water partition coefficient (Wildman–Crippen LogP) is 1.57. The molecule has 0 radical (unpaired) electrons. The van der Waals surface area contributed by atoms with Gasteiger partial charge in [-0.05, 0) is 25.7 Å². The van der Waals surface area contributed by atoms with Crippen molar-refractivity contribution >= 4 is 12.1 Å². The second-order valence-corrected chi connectivity index (χ2v) is 5.01. The molecular weight excluding hydrogens is 242 g/mol. The van der Waals surface area contributed by atoms with Crippen LogP contribution in [0.3, 0.4) is 0 Å². The lowest BCUT2D eigenvalue weighted by Gasteiger charge is -2.26. The Morgan fingerprint density at radius 3 is 2.63 bits per heavy atom. The topological polar surface area (TPSA) is 66.4 Å². The molecule has 0 aromatic heterocycles. The normalized spacial score (nSPS) is 23.0. The van der Waals surface area contributed by atoms with Gasteiger partial charge in [0.1, 0.15) is 0 Å². The predicted molar refractivity (Wildman–Crippen MR) is 72.4 cm³/mol. The van der Waals surface area contributed by atoms with Crippen molar-refractivity contribution in [3.63, 3.8) is 0 Å². The molecule has 0 spiro atoms. The zero-order valence-electron chi connectivity index (χ0n) is 10.8. The quantitative estimate of drug-likeness (QED) is 0.624. The Hall–Kier alpha value is -1.52. The molecule has 19 heavy (non-hydrogen) atoms. The lowest BCUT2D eigenvalue weighted by atomic mass is 9.93. The minimum absolute atomic E-state index is 0.0613. The smallest absolute Gasteiger partial charge is 0.177 e. The van der Waals surface area contributed by atoms with Gasteiger partial charge in [-0.1, -0.05) is 24.3 Å². The molecule has 1 saturated carbocycles. The van der Waals surface area contributed by atoms with Crippen molar-refractivity contribution in [2.75, 3.05) is 6.54 Å². The van der Waals surface area contributed by atoms with E-state index in [4.69, 9.17) is 0 Å². The van der Waals surface area contributed by atoms with E-state index in [-0.39, 0.29) is 24.5 Å². The number of aliphatic hydroxyl groups is 1. The summed E-state index contributed by atoms with van der Waals surface area (Å²) >= 11 is 0. The Bertz CT molecular complexity index is 450. The van der Waals surface area contributed by atoms with E-state index in [1.54, 1.807) is 24.3 Å². The third kappa shape index (κ3) is 3.72. The van der Waals surface area contributed by atoms with Crippen LogP contribution in [-0.4, -0.2) is 35.9 Å². The Balaban J connectivity index is 1.89. The molecule has 1 aromatic rings. The SMILES string of the molecule is O=Cc1ccccc1C(=O)CNC1CCC(O)CC1. The Morgan fingerprint density at radius 1 is 1.26 bits per heavy atom. The largest absolute Gasteiger partial charge is 0.393 e. The number of benzene rings is 1. The summed E-state index contributed by atoms with van der Waals surface area (Å²) in [4.78, 5) is 22.9. The molecule has 2 rings (SSSR count). The van der Waals surface area contributed by atoms with Crippen LogP contribution in [0.15, 0.2) is 24.3 Å². The van der Waals surface area contributed by atoms with Crippen LogP contribution in [0, 0.1) is 0 Å². The highest BCUT2D eigenvalue weighted by Gasteiger charge is 2.20. The van der Waals surface area contributed by atoms with Crippen LogP contribution in [0.25, 0.3) is 0 Å². The number of carbonyl (C=O) groups is 2. The van der Waals surface area contributed by atoms with Gasteiger partial charge in [-0.15, -0.1) is 0 Å². The standard InChI is InChI=1S/C15H19NO3/c17-10-11-3-1-2-4-14(11)15(19)9-16-12-5-7-13(18)8-6-12/h1-4,10,12-13,16,18H,5-9H2. The van der Waals surface area contributed by atoms with Crippen LogP contribution in [-0.2, 0) is 0 Å². The molecule has 1 aliphatic carbocycles. The van der Waals surface area contributed by atoms with E-state index < -0.39 is 0 Å². The number of ketones is 1. The zero-order chi connectivity index (χ0) is 13.7. The second-order valence-electron chi connectivity index (χ2n) is 5.01. The first-order chi connectivity index (χ1) is 9.20. The maximum absolute atomic E-state index is 12.1. The van der Waals surface area contributed by atoms with Crippen molar-refractivity contribution in [2.24, 2.45) is 0 Å². The van der Waals surface area contributed by atoms with Gasteiger partial charge >= 0.3 is 0 Å². The summed E-state index contributed by atoms with van der Waals surface area (Å²) in [6.45, 7) is 0.242. The highest BCUT2D eigenvalue weighted by Crippen LogP contribution is 2.18. The fraction of sp³-hybridized carbons (Fsp3) is 0.467. The van der Waals surface area contributed by atoms with Crippen LogP contribution in [0.1, 0.15) is 46.4 Å². The second kappa shape index (κ2) is 6.59. The molecule has 4 heteroatoms. The van der Waals surface area contributed by atoms with Crippen LogP contribution >= 0.6 is 0 Å². The Morgan fingerprint density at radius 2 is 1.95 bits per heavy atom. The monoisotopic (exact) mass is 261 g/mol. The fourth-order valence-electron chi connectivity index (χ4n) is 2.47. The minimum atomic E-state index is -0.190. The molecule has 0 bridgehead atoms. The first-order valence-corrected chi connectivity index (χ1v) is 6.69. The average Bonchev–Trinajstić information content (AvgIpc) is 2.46. The van der Waals surface area contributed by atoms with Gasteiger partial charge in [0, 0.05) is 17.2 Å². The maximum Gasteiger partial charge on any atom is 0.177 e. The van der Waals surface area contributed by atoms with Gasteiger partial charge < -0.3 is 10.4 Å². The summed E-state index contributed by atoms with van der Waals surface area (Å²) in [5.74, 6) is -0.0613. The lowest BCUT2D eigenvalue weighted by Crippen LogP contribution is -2.37. The van der Waals surface area contributed by atoms with E-state index in [9.17, 15) is 14.7 Å². The number of aldehydes is 1. The van der Waals surface area contributed by atoms with E-state index >= 15 is 0 Å². The number of hydrogen-bond donors (Lipinski definition) is 2. The van der Waals surface area contributed by atoms with Gasteiger partial charge in [0.2, 0.25) is 0 Å². The molecule has 0 unspecified atom stereocenters. The molecule has 0 saturated heterocycles. The molecule has 0 atom stereocenters. The minimum Gasteiger partial charge on any atom is -0.393 e. The third-order valence-corrected chi connectivity index (χ3v) is 3.64. The number of carbonyl (C=O) groups excluding carboxylic acids is 2. The molecule has 1 aromatic carbocycles. The van der Waals surface area contributed by atoms with Crippen LogP contribution in [0.2, 0.25) is 0 Å². The van der Waals surface area contributed by atoms with E-state index in [0.29, 0.717) is 17.4 Å². The van der Waals surface area contributed by atoms with Gasteiger partial charge in [0.15, 0.2) is 12.1 Å². The molecule has 102 valence electrons. The fourth-order valence-corrected chi connectivity index (χ4v) is 2.47. The molecule has 1 aliphatic rings. The van der Waals surface area contributed by atoms with E-state index in [1.807, 2.05) is 0 Å². The average molecular weight is 261 g/mol. The van der Waals surface area contributed by atoms with E-state index in [0.717, 1.165) is 25.7 Å². The van der Waals surface area contributed by atoms with Gasteiger partial charge in [-0.3, -0.25) is 9.59 Å². The zero-order valence-corrected chi connectivity index (χ0v) is 10.8. The summed E-state index contributed by atoms with van der Waals surface area (Å²) in [7, 11) is 0. The summed E-state index contributed by atoms with van der Waals surface area (Å²) in [6, 6.07) is 7.12.